The fraction of sp³-hybridized carbons (Fsp3) is 0.333. The summed E-state index contributed by atoms with van der Waals surface area (Å²) in [5.74, 6) is -2.75. The molecule has 11 nitrogen and oxygen atoms in total. The number of phosphoric ester groups is 1. The summed E-state index contributed by atoms with van der Waals surface area (Å²) in [5, 5.41) is 1.81. The first-order chi connectivity index (χ1) is 20.1. The summed E-state index contributed by atoms with van der Waals surface area (Å²) in [6.45, 7) is -0.607. The van der Waals surface area contributed by atoms with Crippen LogP contribution in [0.5, 0.6) is 5.75 Å². The molecule has 15 heteroatoms. The maximum Gasteiger partial charge on any atom is 0.472 e. The van der Waals surface area contributed by atoms with Crippen molar-refractivity contribution in [2.24, 2.45) is 0 Å². The van der Waals surface area contributed by atoms with Gasteiger partial charge in [-0.15, -0.1) is 11.8 Å². The van der Waals surface area contributed by atoms with E-state index in [9.17, 15) is 18.5 Å². The van der Waals surface area contributed by atoms with Gasteiger partial charge in [-0.05, 0) is 36.1 Å². The lowest BCUT2D eigenvalue weighted by atomic mass is 9.92. The number of phosphoric acid groups is 1. The number of rotatable bonds is 5. The molecule has 1 aliphatic carbocycles. The molecule has 4 heterocycles. The molecule has 0 radical (unpaired) electrons. The molecule has 2 fully saturated rings. The summed E-state index contributed by atoms with van der Waals surface area (Å²) in [5.41, 5.74) is -0.0885. The predicted molar refractivity (Wildman–Crippen MR) is 144 cm³/mol. The van der Waals surface area contributed by atoms with Gasteiger partial charge in [0.1, 0.15) is 6.17 Å². The molecule has 1 saturated carbocycles. The van der Waals surface area contributed by atoms with Gasteiger partial charge in [0, 0.05) is 28.5 Å². The van der Waals surface area contributed by atoms with Gasteiger partial charge in [-0.25, -0.2) is 17.9 Å². The summed E-state index contributed by atoms with van der Waals surface area (Å²) >= 11 is 1.37. The molecule has 2 atom stereocenters. The number of ether oxygens (including phenoxy) is 2. The number of fused-ring (bicyclic) bond motifs is 5. The average molecular weight is 620 g/mol. The molecule has 0 bridgehead atoms. The van der Waals surface area contributed by atoms with Crippen molar-refractivity contribution in [2.45, 2.75) is 41.2 Å². The highest BCUT2D eigenvalue weighted by Gasteiger charge is 2.60. The maximum atomic E-state index is 15.4. The van der Waals surface area contributed by atoms with E-state index < -0.39 is 61.1 Å². The minimum atomic E-state index is -4.94. The number of hydrogen-bond acceptors (Lipinski definition) is 8. The van der Waals surface area contributed by atoms with Crippen LogP contribution in [0.3, 0.4) is 0 Å². The Morgan fingerprint density at radius 2 is 1.88 bits per heavy atom. The summed E-state index contributed by atoms with van der Waals surface area (Å²) in [7, 11) is -4.94. The van der Waals surface area contributed by atoms with Crippen LogP contribution in [-0.2, 0) is 19.6 Å². The molecule has 2 aromatic carbocycles. The topological polar surface area (TPSA) is 131 Å². The van der Waals surface area contributed by atoms with Crippen LogP contribution in [-0.4, -0.2) is 57.0 Å². The van der Waals surface area contributed by atoms with E-state index >= 15 is 4.39 Å². The highest BCUT2D eigenvalue weighted by atomic mass is 32.2. The Morgan fingerprint density at radius 3 is 2.64 bits per heavy atom. The van der Waals surface area contributed by atoms with E-state index in [1.54, 1.807) is 4.90 Å². The first-order valence-corrected chi connectivity index (χ1v) is 15.6. The molecule has 1 aromatic heterocycles. The number of benzene rings is 2. The number of pyridine rings is 1. The molecule has 42 heavy (non-hydrogen) atoms. The zero-order valence-corrected chi connectivity index (χ0v) is 23.5. The molecule has 3 aromatic rings. The molecular formula is C27H24F2N3O8PS. The normalized spacial score (nSPS) is 22.1. The van der Waals surface area contributed by atoms with Gasteiger partial charge in [0.25, 0.3) is 5.91 Å². The van der Waals surface area contributed by atoms with Crippen molar-refractivity contribution in [3.63, 3.8) is 0 Å². The van der Waals surface area contributed by atoms with E-state index in [-0.39, 0.29) is 30.2 Å². The standard InChI is InChI=1S/C27H24F2N3O8PS/c28-18-6-5-15-17(22(18)29)12-42-20-4-2-1-3-16(20)23(15)32-21-11-38-13-27(8-9-27)31(21)26(34)24-25(19(33)7-10-30(24)32)39-14-40-41(35,36)37/h1-7,10,21,23H,8-9,11-14H2,(H2,35,36,37)/t21-,23+/m1/s1. The summed E-state index contributed by atoms with van der Waals surface area (Å²) < 4.78 is 58.4. The van der Waals surface area contributed by atoms with Gasteiger partial charge < -0.3 is 24.2 Å². The van der Waals surface area contributed by atoms with Crippen LogP contribution in [0.1, 0.15) is 46.1 Å². The lowest BCUT2D eigenvalue weighted by Crippen LogP contribution is -2.70. The Kier molecular flexibility index (Phi) is 6.50. The van der Waals surface area contributed by atoms with Crippen LogP contribution >= 0.6 is 19.6 Å². The van der Waals surface area contributed by atoms with Crippen molar-refractivity contribution in [3.8, 4) is 5.75 Å². The van der Waals surface area contributed by atoms with Crippen LogP contribution in [0.4, 0.5) is 8.78 Å². The fourth-order valence-electron chi connectivity index (χ4n) is 6.08. The summed E-state index contributed by atoms with van der Waals surface area (Å²) in [6.07, 6.45) is 2.01. The summed E-state index contributed by atoms with van der Waals surface area (Å²) in [6, 6.07) is 10.5. The lowest BCUT2D eigenvalue weighted by Gasteiger charge is -2.54. The number of hydrogen-bond donors (Lipinski definition) is 2. The monoisotopic (exact) mass is 619 g/mol. The fourth-order valence-corrected chi connectivity index (χ4v) is 7.39. The molecule has 0 unspecified atom stereocenters. The van der Waals surface area contributed by atoms with E-state index in [2.05, 4.69) is 4.52 Å². The van der Waals surface area contributed by atoms with Crippen molar-refractivity contribution in [1.82, 2.24) is 9.58 Å². The number of thioether (sulfide) groups is 1. The number of morpholine rings is 1. The second-order valence-corrected chi connectivity index (χ2v) is 12.8. The summed E-state index contributed by atoms with van der Waals surface area (Å²) in [4.78, 5) is 48.0. The molecular weight excluding hydrogens is 595 g/mol. The van der Waals surface area contributed by atoms with Gasteiger partial charge in [-0.2, -0.15) is 0 Å². The molecule has 1 spiro atoms. The first-order valence-electron chi connectivity index (χ1n) is 13.1. The van der Waals surface area contributed by atoms with Crippen LogP contribution in [0.25, 0.3) is 0 Å². The molecule has 7 rings (SSSR count). The minimum absolute atomic E-state index is 0.0986. The van der Waals surface area contributed by atoms with Crippen molar-refractivity contribution >= 4 is 25.5 Å². The second kappa shape index (κ2) is 9.90. The maximum absolute atomic E-state index is 15.4. The molecule has 1 amide bonds. The molecule has 220 valence electrons. The van der Waals surface area contributed by atoms with Crippen LogP contribution in [0.15, 0.2) is 58.4 Å². The van der Waals surface area contributed by atoms with Crippen LogP contribution in [0.2, 0.25) is 0 Å². The smallest absolute Gasteiger partial charge is 0.460 e. The number of carbonyl (C=O) groups excluding carboxylic acids is 1. The van der Waals surface area contributed by atoms with Crippen molar-refractivity contribution in [2.75, 3.05) is 25.0 Å². The lowest BCUT2D eigenvalue weighted by molar-refractivity contribution is -0.0620. The zero-order valence-electron chi connectivity index (χ0n) is 21.8. The number of halogens is 2. The van der Waals surface area contributed by atoms with Crippen LogP contribution in [0, 0.1) is 11.6 Å². The highest BCUT2D eigenvalue weighted by Crippen LogP contribution is 2.51. The zero-order chi connectivity index (χ0) is 29.4. The third-order valence-corrected chi connectivity index (χ3v) is 9.64. The third-order valence-electron chi connectivity index (χ3n) is 8.09. The van der Waals surface area contributed by atoms with Crippen molar-refractivity contribution < 1.29 is 41.9 Å². The van der Waals surface area contributed by atoms with Crippen molar-refractivity contribution in [1.29, 1.82) is 0 Å². The number of aromatic nitrogens is 1. The van der Waals surface area contributed by atoms with Gasteiger partial charge in [0.2, 0.25) is 18.0 Å². The number of amides is 1. The second-order valence-electron chi connectivity index (χ2n) is 10.5. The Bertz CT molecular complexity index is 1730. The van der Waals surface area contributed by atoms with Gasteiger partial charge in [0.05, 0.1) is 24.8 Å². The predicted octanol–water partition coefficient (Wildman–Crippen LogP) is 3.25. The Balaban J connectivity index is 1.48. The molecule has 1 saturated heterocycles. The third kappa shape index (κ3) is 4.36. The Hall–Kier alpha value is -3.26. The van der Waals surface area contributed by atoms with E-state index in [1.165, 1.54) is 28.7 Å². The highest BCUT2D eigenvalue weighted by molar-refractivity contribution is 7.98. The quantitative estimate of drug-likeness (QED) is 0.324. The molecule has 3 aliphatic heterocycles. The van der Waals surface area contributed by atoms with Gasteiger partial charge >= 0.3 is 7.82 Å². The first kappa shape index (κ1) is 27.6. The Morgan fingerprint density at radius 1 is 1.10 bits per heavy atom. The van der Waals surface area contributed by atoms with Gasteiger partial charge in [-0.3, -0.25) is 19.3 Å². The molecule has 4 aliphatic rings. The van der Waals surface area contributed by atoms with Gasteiger partial charge in [0.15, 0.2) is 17.3 Å². The van der Waals surface area contributed by atoms with E-state index in [1.807, 2.05) is 29.3 Å². The van der Waals surface area contributed by atoms with E-state index in [0.717, 1.165) is 22.6 Å². The Labute approximate surface area is 241 Å². The molecule has 2 N–H and O–H groups in total. The average Bonchev–Trinajstić information content (AvgIpc) is 3.74. The van der Waals surface area contributed by atoms with Crippen molar-refractivity contribution in [3.05, 3.63) is 92.9 Å². The van der Waals surface area contributed by atoms with Crippen LogP contribution < -0.4 is 15.2 Å². The SMILES string of the molecule is O=C1c2c(OCOP(=O)(O)O)c(=O)ccn2N([C@@H]2c3ccccc3SCc3c2ccc(F)c3F)[C@@H]2COCC3(CC3)N12. The van der Waals surface area contributed by atoms with Gasteiger partial charge in [-0.1, -0.05) is 24.3 Å². The minimum Gasteiger partial charge on any atom is -0.460 e. The number of carbonyl (C=O) groups is 1. The largest absolute Gasteiger partial charge is 0.472 e. The number of nitrogens with zero attached hydrogens (tertiary/aromatic N) is 3. The van der Waals surface area contributed by atoms with E-state index in [0.29, 0.717) is 18.4 Å². The van der Waals surface area contributed by atoms with E-state index in [4.69, 9.17) is 19.3 Å².